The van der Waals surface area contributed by atoms with Crippen molar-refractivity contribution in [2.75, 3.05) is 6.61 Å². The van der Waals surface area contributed by atoms with Gasteiger partial charge in [0, 0.05) is 6.20 Å². The van der Waals surface area contributed by atoms with Gasteiger partial charge in [0.1, 0.15) is 11.3 Å². The highest BCUT2D eigenvalue weighted by atomic mass is 19.3. The number of hydrogen-bond acceptors (Lipinski definition) is 3. The summed E-state index contributed by atoms with van der Waals surface area (Å²) in [4.78, 5) is 24.2. The van der Waals surface area contributed by atoms with Gasteiger partial charge in [-0.05, 0) is 6.92 Å². The third kappa shape index (κ3) is 2.23. The molecule has 0 unspecified atom stereocenters. The SMILES string of the molecule is CCOC(=O)c1c(C(F)F)[nH]cc(F)c1=O. The monoisotopic (exact) mass is 235 g/mol. The number of carbonyl (C=O) groups is 1. The van der Waals surface area contributed by atoms with E-state index in [1.165, 1.54) is 6.92 Å². The lowest BCUT2D eigenvalue weighted by atomic mass is 10.2. The van der Waals surface area contributed by atoms with Gasteiger partial charge in [-0.3, -0.25) is 4.79 Å². The third-order valence-corrected chi connectivity index (χ3v) is 1.77. The molecule has 4 nitrogen and oxygen atoms in total. The molecule has 0 fully saturated rings. The number of aromatic amines is 1. The van der Waals surface area contributed by atoms with Crippen LogP contribution in [0.25, 0.3) is 0 Å². The number of halogens is 3. The van der Waals surface area contributed by atoms with Gasteiger partial charge in [-0.25, -0.2) is 18.0 Å². The molecule has 0 bridgehead atoms. The Morgan fingerprint density at radius 3 is 2.69 bits per heavy atom. The number of nitrogens with one attached hydrogen (secondary N) is 1. The van der Waals surface area contributed by atoms with Gasteiger partial charge in [0.25, 0.3) is 6.43 Å². The van der Waals surface area contributed by atoms with Gasteiger partial charge in [0.05, 0.1) is 6.61 Å². The highest BCUT2D eigenvalue weighted by Crippen LogP contribution is 2.19. The number of pyridine rings is 1. The maximum atomic E-state index is 12.8. The van der Waals surface area contributed by atoms with Crippen LogP contribution in [-0.4, -0.2) is 17.6 Å². The van der Waals surface area contributed by atoms with E-state index < -0.39 is 34.9 Å². The predicted molar refractivity (Wildman–Crippen MR) is 47.9 cm³/mol. The number of alkyl halides is 2. The van der Waals surface area contributed by atoms with Crippen molar-refractivity contribution in [3.05, 3.63) is 33.5 Å². The fourth-order valence-corrected chi connectivity index (χ4v) is 1.10. The van der Waals surface area contributed by atoms with E-state index in [1.807, 2.05) is 4.98 Å². The highest BCUT2D eigenvalue weighted by molar-refractivity contribution is 5.90. The molecule has 1 aromatic heterocycles. The van der Waals surface area contributed by atoms with Crippen LogP contribution in [-0.2, 0) is 4.74 Å². The topological polar surface area (TPSA) is 59.2 Å². The summed E-state index contributed by atoms with van der Waals surface area (Å²) in [6, 6.07) is 0. The van der Waals surface area contributed by atoms with Crippen molar-refractivity contribution >= 4 is 5.97 Å². The molecule has 0 aliphatic rings. The lowest BCUT2D eigenvalue weighted by molar-refractivity contribution is 0.0510. The minimum Gasteiger partial charge on any atom is -0.462 e. The Kier molecular flexibility index (Phi) is 3.70. The molecular weight excluding hydrogens is 227 g/mol. The van der Waals surface area contributed by atoms with Crippen molar-refractivity contribution < 1.29 is 22.7 Å². The van der Waals surface area contributed by atoms with E-state index in [0.29, 0.717) is 6.20 Å². The Morgan fingerprint density at radius 1 is 1.56 bits per heavy atom. The molecule has 16 heavy (non-hydrogen) atoms. The number of H-pyrrole nitrogens is 1. The van der Waals surface area contributed by atoms with Crippen molar-refractivity contribution in [3.63, 3.8) is 0 Å². The van der Waals surface area contributed by atoms with Gasteiger partial charge in [-0.1, -0.05) is 0 Å². The number of ether oxygens (including phenoxy) is 1. The number of carbonyl (C=O) groups excluding carboxylic acids is 1. The number of rotatable bonds is 3. The minimum atomic E-state index is -3.09. The normalized spacial score (nSPS) is 10.6. The predicted octanol–water partition coefficient (Wildman–Crippen LogP) is 1.63. The van der Waals surface area contributed by atoms with E-state index in [2.05, 4.69) is 4.74 Å². The van der Waals surface area contributed by atoms with E-state index in [4.69, 9.17) is 0 Å². The summed E-state index contributed by atoms with van der Waals surface area (Å²) in [5.41, 5.74) is -3.32. The molecule has 0 atom stereocenters. The van der Waals surface area contributed by atoms with Crippen molar-refractivity contribution in [2.45, 2.75) is 13.3 Å². The summed E-state index contributed by atoms with van der Waals surface area (Å²) in [5, 5.41) is 0. The molecule has 0 aliphatic carbocycles. The quantitative estimate of drug-likeness (QED) is 0.810. The number of hydrogen-bond donors (Lipinski definition) is 1. The maximum Gasteiger partial charge on any atom is 0.344 e. The van der Waals surface area contributed by atoms with Crippen LogP contribution in [0.1, 0.15) is 29.4 Å². The second-order valence-electron chi connectivity index (χ2n) is 2.78. The van der Waals surface area contributed by atoms with Crippen LogP contribution < -0.4 is 5.43 Å². The van der Waals surface area contributed by atoms with Crippen LogP contribution in [0.5, 0.6) is 0 Å². The van der Waals surface area contributed by atoms with Crippen molar-refractivity contribution in [3.8, 4) is 0 Å². The Hall–Kier alpha value is -1.79. The minimum absolute atomic E-state index is 0.0997. The summed E-state index contributed by atoms with van der Waals surface area (Å²) < 4.78 is 42.1. The Balaban J connectivity index is 3.37. The first kappa shape index (κ1) is 12.3. The molecule has 0 spiro atoms. The zero-order valence-electron chi connectivity index (χ0n) is 8.22. The zero-order chi connectivity index (χ0) is 12.3. The standard InChI is InChI=1S/C9H8F3NO3/c1-2-16-9(15)5-6(8(11)12)13-3-4(10)7(5)14/h3,8H,2H2,1H3,(H,13,14). The molecule has 1 aromatic rings. The zero-order valence-corrected chi connectivity index (χ0v) is 8.22. The first-order chi connectivity index (χ1) is 7.49. The first-order valence-electron chi connectivity index (χ1n) is 4.35. The molecule has 0 aliphatic heterocycles. The largest absolute Gasteiger partial charge is 0.462 e. The second-order valence-corrected chi connectivity index (χ2v) is 2.78. The highest BCUT2D eigenvalue weighted by Gasteiger charge is 2.25. The van der Waals surface area contributed by atoms with Crippen LogP contribution in [0.4, 0.5) is 13.2 Å². The van der Waals surface area contributed by atoms with Gasteiger partial charge >= 0.3 is 5.97 Å². The molecule has 88 valence electrons. The van der Waals surface area contributed by atoms with Gasteiger partial charge in [-0.15, -0.1) is 0 Å². The molecule has 1 N–H and O–H groups in total. The lowest BCUT2D eigenvalue weighted by Gasteiger charge is -2.07. The number of aromatic nitrogens is 1. The van der Waals surface area contributed by atoms with Crippen molar-refractivity contribution in [2.24, 2.45) is 0 Å². The fraction of sp³-hybridized carbons (Fsp3) is 0.333. The van der Waals surface area contributed by atoms with Crippen molar-refractivity contribution in [1.82, 2.24) is 4.98 Å². The van der Waals surface area contributed by atoms with Crippen LogP contribution in [0.2, 0.25) is 0 Å². The smallest absolute Gasteiger partial charge is 0.344 e. The molecular formula is C9H8F3NO3. The Morgan fingerprint density at radius 2 is 2.19 bits per heavy atom. The Labute approximate surface area is 88.0 Å². The van der Waals surface area contributed by atoms with Crippen LogP contribution in [0.15, 0.2) is 11.0 Å². The van der Waals surface area contributed by atoms with E-state index >= 15 is 0 Å². The average Bonchev–Trinajstić information content (AvgIpc) is 2.21. The first-order valence-corrected chi connectivity index (χ1v) is 4.35. The molecule has 0 radical (unpaired) electrons. The van der Waals surface area contributed by atoms with E-state index in [1.54, 1.807) is 0 Å². The average molecular weight is 235 g/mol. The second kappa shape index (κ2) is 4.82. The molecule has 0 aromatic carbocycles. The summed E-state index contributed by atoms with van der Waals surface area (Å²) in [6.45, 7) is 1.34. The van der Waals surface area contributed by atoms with Crippen LogP contribution >= 0.6 is 0 Å². The number of esters is 1. The molecule has 0 saturated carbocycles. The van der Waals surface area contributed by atoms with Gasteiger partial charge in [0.15, 0.2) is 5.82 Å². The fourth-order valence-electron chi connectivity index (χ4n) is 1.10. The molecule has 1 heterocycles. The van der Waals surface area contributed by atoms with E-state index in [-0.39, 0.29) is 6.61 Å². The van der Waals surface area contributed by atoms with Gasteiger partial charge in [0.2, 0.25) is 5.43 Å². The van der Waals surface area contributed by atoms with E-state index in [9.17, 15) is 22.8 Å². The van der Waals surface area contributed by atoms with Crippen LogP contribution in [0.3, 0.4) is 0 Å². The molecule has 0 saturated heterocycles. The van der Waals surface area contributed by atoms with Crippen LogP contribution in [0, 0.1) is 5.82 Å². The van der Waals surface area contributed by atoms with Gasteiger partial charge in [-0.2, -0.15) is 0 Å². The molecule has 0 amide bonds. The van der Waals surface area contributed by atoms with E-state index in [0.717, 1.165) is 0 Å². The van der Waals surface area contributed by atoms with Gasteiger partial charge < -0.3 is 9.72 Å². The summed E-state index contributed by atoms with van der Waals surface area (Å²) in [5.74, 6) is -2.58. The third-order valence-electron chi connectivity index (χ3n) is 1.77. The molecule has 1 rings (SSSR count). The van der Waals surface area contributed by atoms with Crippen molar-refractivity contribution in [1.29, 1.82) is 0 Å². The maximum absolute atomic E-state index is 12.8. The summed E-state index contributed by atoms with van der Waals surface area (Å²) in [7, 11) is 0. The summed E-state index contributed by atoms with van der Waals surface area (Å²) in [6.07, 6.45) is -2.61. The lowest BCUT2D eigenvalue weighted by Crippen LogP contribution is -2.24. The molecule has 7 heteroatoms. The Bertz CT molecular complexity index is 456. The summed E-state index contributed by atoms with van der Waals surface area (Å²) >= 11 is 0.